The monoisotopic (exact) mass is 674 g/mol. The zero-order valence-corrected chi connectivity index (χ0v) is 21.4. The number of carboxylic acids is 1. The van der Waals surface area contributed by atoms with Gasteiger partial charge in [0.15, 0.2) is 0 Å². The first-order valence-electron chi connectivity index (χ1n) is 7.93. The molecule has 12 heteroatoms. The van der Waals surface area contributed by atoms with Gasteiger partial charge in [-0.05, 0) is 63.7 Å². The Kier molecular flexibility index (Phi) is 10.9. The summed E-state index contributed by atoms with van der Waals surface area (Å²) in [6, 6.07) is 0. The highest BCUT2D eigenvalue weighted by Gasteiger charge is 2.30. The molecule has 0 fully saturated rings. The summed E-state index contributed by atoms with van der Waals surface area (Å²) in [7, 11) is 0. The van der Waals surface area contributed by atoms with E-state index in [1.165, 1.54) is 0 Å². The Labute approximate surface area is 205 Å². The molecule has 1 aromatic rings. The molecule has 0 saturated carbocycles. The van der Waals surface area contributed by atoms with Crippen molar-refractivity contribution in [2.24, 2.45) is 0 Å². The van der Waals surface area contributed by atoms with Crippen molar-refractivity contribution in [2.75, 3.05) is 13.2 Å². The van der Waals surface area contributed by atoms with Crippen LogP contribution in [0.4, 0.5) is 0 Å². The summed E-state index contributed by atoms with van der Waals surface area (Å²) in [6.07, 6.45) is 0.841. The molecule has 0 aromatic heterocycles. The maximum atomic E-state index is 12.8. The molecule has 0 radical (unpaired) electrons. The fourth-order valence-corrected chi connectivity index (χ4v) is 4.44. The summed E-state index contributed by atoms with van der Waals surface area (Å²) in [5, 5.41) is 9.56. The van der Waals surface area contributed by atoms with E-state index in [1.807, 2.05) is 0 Å². The number of carbonyl (C=O) groups excluding carboxylic acids is 3. The van der Waals surface area contributed by atoms with Gasteiger partial charge in [-0.2, -0.15) is 0 Å². The maximum absolute atomic E-state index is 12.8. The molecule has 0 bridgehead atoms. The molecule has 162 valence electrons. The summed E-state index contributed by atoms with van der Waals surface area (Å²) in [5.41, 5.74) is -0.616. The molecular weight excluding hydrogens is 664 g/mol. The zero-order chi connectivity index (χ0) is 23.0. The molecule has 0 heterocycles. The van der Waals surface area contributed by atoms with E-state index in [0.717, 1.165) is 12.2 Å². The average molecular weight is 678 g/mol. The van der Waals surface area contributed by atoms with Gasteiger partial charge in [-0.25, -0.2) is 19.2 Å². The second-order valence-electron chi connectivity index (χ2n) is 5.33. The molecule has 0 aliphatic heterocycles. The van der Waals surface area contributed by atoms with Gasteiger partial charge in [0.2, 0.25) is 0 Å². The van der Waals surface area contributed by atoms with E-state index in [2.05, 4.69) is 76.9 Å². The predicted octanol–water partition coefficient (Wildman–Crippen LogP) is 4.81. The van der Waals surface area contributed by atoms with E-state index in [-0.39, 0.29) is 39.7 Å². The smallest absolute Gasteiger partial charge is 0.340 e. The Morgan fingerprint density at radius 2 is 1.37 bits per heavy atom. The van der Waals surface area contributed by atoms with E-state index in [9.17, 15) is 24.3 Å². The van der Waals surface area contributed by atoms with Crippen LogP contribution >= 0.6 is 63.7 Å². The highest BCUT2D eigenvalue weighted by molar-refractivity contribution is 9.15. The Morgan fingerprint density at radius 3 is 1.87 bits per heavy atom. The molecule has 1 aromatic carbocycles. The van der Waals surface area contributed by atoms with Crippen molar-refractivity contribution in [3.8, 4) is 0 Å². The number of esters is 3. The van der Waals surface area contributed by atoms with Crippen molar-refractivity contribution in [3.05, 3.63) is 54.3 Å². The number of benzene rings is 1. The molecular formula is C18H14Br4O8. The molecule has 1 unspecified atom stereocenters. The van der Waals surface area contributed by atoms with Gasteiger partial charge >= 0.3 is 23.9 Å². The third kappa shape index (κ3) is 7.03. The Hall–Kier alpha value is -1.50. The number of ether oxygens (including phenoxy) is 3. The van der Waals surface area contributed by atoms with E-state index in [1.54, 1.807) is 0 Å². The van der Waals surface area contributed by atoms with Crippen molar-refractivity contribution in [1.29, 1.82) is 0 Å². The quantitative estimate of drug-likeness (QED) is 0.123. The van der Waals surface area contributed by atoms with Gasteiger partial charge in [0.05, 0.1) is 17.7 Å². The number of hydrogen-bond acceptors (Lipinski definition) is 7. The van der Waals surface area contributed by atoms with Crippen molar-refractivity contribution in [2.45, 2.75) is 12.5 Å². The first-order valence-corrected chi connectivity index (χ1v) is 11.1. The van der Waals surface area contributed by atoms with Crippen LogP contribution in [0, 0.1) is 0 Å². The SMILES string of the molecule is C=CC(=O)OCCC(COC(=O)C=C)OC(=O)c1c(Br)c(Br)c(Br)c(Br)c1C(=O)O. The van der Waals surface area contributed by atoms with Gasteiger partial charge in [0.1, 0.15) is 12.7 Å². The van der Waals surface area contributed by atoms with Crippen molar-refractivity contribution in [3.63, 3.8) is 0 Å². The van der Waals surface area contributed by atoms with Crippen LogP contribution in [0.25, 0.3) is 0 Å². The third-order valence-corrected chi connectivity index (χ3v) is 8.16. The van der Waals surface area contributed by atoms with Crippen molar-refractivity contribution >= 4 is 87.6 Å². The van der Waals surface area contributed by atoms with Crippen LogP contribution in [0.15, 0.2) is 43.2 Å². The van der Waals surface area contributed by atoms with E-state index >= 15 is 0 Å². The number of rotatable bonds is 10. The van der Waals surface area contributed by atoms with Crippen LogP contribution in [0.3, 0.4) is 0 Å². The third-order valence-electron chi connectivity index (χ3n) is 3.39. The first kappa shape index (κ1) is 26.5. The van der Waals surface area contributed by atoms with Gasteiger partial charge in [-0.3, -0.25) is 0 Å². The molecule has 1 atom stereocenters. The second kappa shape index (κ2) is 12.4. The summed E-state index contributed by atoms with van der Waals surface area (Å²) >= 11 is 12.8. The molecule has 0 amide bonds. The minimum atomic E-state index is -1.38. The molecule has 1 rings (SSSR count). The number of aromatic carboxylic acids is 1. The van der Waals surface area contributed by atoms with Crippen LogP contribution in [0.1, 0.15) is 27.1 Å². The summed E-state index contributed by atoms with van der Waals surface area (Å²) in [5.74, 6) is -3.80. The lowest BCUT2D eigenvalue weighted by molar-refractivity contribution is -0.143. The Morgan fingerprint density at radius 1 is 0.867 bits per heavy atom. The molecule has 8 nitrogen and oxygen atoms in total. The fraction of sp³-hybridized carbons (Fsp3) is 0.222. The largest absolute Gasteiger partial charge is 0.478 e. The Bertz CT molecular complexity index is 897. The molecule has 0 aliphatic rings. The first-order chi connectivity index (χ1) is 14.0. The van der Waals surface area contributed by atoms with Crippen LogP contribution in [0.2, 0.25) is 0 Å². The second-order valence-corrected chi connectivity index (χ2v) is 8.50. The summed E-state index contributed by atoms with van der Waals surface area (Å²) < 4.78 is 16.1. The van der Waals surface area contributed by atoms with Gasteiger partial charge < -0.3 is 19.3 Å². The number of halogens is 4. The molecule has 0 saturated heterocycles. The summed E-state index contributed by atoms with van der Waals surface area (Å²) in [6.45, 7) is 6.01. The topological polar surface area (TPSA) is 116 Å². The highest BCUT2D eigenvalue weighted by atomic mass is 79.9. The molecule has 1 N–H and O–H groups in total. The van der Waals surface area contributed by atoms with Crippen LogP contribution in [-0.4, -0.2) is 48.3 Å². The lowest BCUT2D eigenvalue weighted by atomic mass is 10.1. The van der Waals surface area contributed by atoms with Crippen LogP contribution < -0.4 is 0 Å². The van der Waals surface area contributed by atoms with E-state index < -0.39 is 30.0 Å². The number of carbonyl (C=O) groups is 4. The van der Waals surface area contributed by atoms with Crippen molar-refractivity contribution in [1.82, 2.24) is 0 Å². The number of carboxylic acid groups (broad SMARTS) is 1. The lowest BCUT2D eigenvalue weighted by Gasteiger charge is -2.20. The molecule has 30 heavy (non-hydrogen) atoms. The lowest BCUT2D eigenvalue weighted by Crippen LogP contribution is -2.28. The van der Waals surface area contributed by atoms with E-state index in [0.29, 0.717) is 8.95 Å². The molecule has 0 aliphatic carbocycles. The van der Waals surface area contributed by atoms with Crippen LogP contribution in [-0.2, 0) is 23.8 Å². The normalized spacial score (nSPS) is 11.2. The van der Waals surface area contributed by atoms with E-state index in [4.69, 9.17) is 14.2 Å². The minimum absolute atomic E-state index is 0.0192. The highest BCUT2D eigenvalue weighted by Crippen LogP contribution is 2.42. The number of hydrogen-bond donors (Lipinski definition) is 1. The average Bonchev–Trinajstić information content (AvgIpc) is 2.71. The Balaban J connectivity index is 3.19. The predicted molar refractivity (Wildman–Crippen MR) is 120 cm³/mol. The fourth-order valence-electron chi connectivity index (χ4n) is 1.99. The van der Waals surface area contributed by atoms with Gasteiger partial charge in [0.25, 0.3) is 0 Å². The van der Waals surface area contributed by atoms with Crippen LogP contribution in [0.5, 0.6) is 0 Å². The van der Waals surface area contributed by atoms with Gasteiger partial charge in [-0.1, -0.05) is 13.2 Å². The van der Waals surface area contributed by atoms with Gasteiger partial charge in [-0.15, -0.1) is 0 Å². The van der Waals surface area contributed by atoms with Crippen molar-refractivity contribution < 1.29 is 38.5 Å². The standard InChI is InChI=1S/C18H14Br4O8/c1-3-9(23)28-6-5-8(7-29-10(24)4-2)30-18(27)12-11(17(25)26)13(19)15(21)16(22)14(12)20/h3-4,8H,1-2,5-7H2,(H,25,26). The minimum Gasteiger partial charge on any atom is -0.478 e. The maximum Gasteiger partial charge on any atom is 0.340 e. The summed E-state index contributed by atoms with van der Waals surface area (Å²) in [4.78, 5) is 47.1. The molecule has 0 spiro atoms. The zero-order valence-electron chi connectivity index (χ0n) is 15.1. The van der Waals surface area contributed by atoms with Gasteiger partial charge in [0, 0.05) is 36.5 Å².